The molecule has 1 spiro atoms. The molecule has 3 aliphatic rings. The van der Waals surface area contributed by atoms with Crippen molar-refractivity contribution in [2.75, 3.05) is 38.2 Å². The molecular weight excluding hydrogens is 598 g/mol. The van der Waals surface area contributed by atoms with E-state index in [-0.39, 0.29) is 36.2 Å². The van der Waals surface area contributed by atoms with Crippen LogP contribution < -0.4 is 16.0 Å². The van der Waals surface area contributed by atoms with Crippen molar-refractivity contribution in [2.24, 2.45) is 11.3 Å². The smallest absolute Gasteiger partial charge is 0.243 e. The van der Waals surface area contributed by atoms with Crippen LogP contribution in [-0.4, -0.2) is 72.5 Å². The number of fused-ring (bicyclic) bond motifs is 1. The molecule has 46 heavy (non-hydrogen) atoms. The standard InChI is InChI=1S/C36H43N5O4S/c1-25-10-12-27(13-11-25)31-24-46-35(39-31)40-32(42)23-41-18-14-29-28(22-41)9-5-6-15-36(16-19-45-20-17-36)34(44)38-30(33(43)37-29)21-26-7-3-2-4-8-26/h2-8,10-13,24,28-30H,9,14-23H2,1H3,(H,37,43)(H,38,44)(H,39,40,42)/t28-,29+,30-/m1/s1. The Hall–Kier alpha value is -3.86. The molecule has 6 rings (SSSR count). The molecule has 10 heteroatoms. The fraction of sp³-hybridized carbons (Fsp3) is 0.444. The van der Waals surface area contributed by atoms with Crippen molar-refractivity contribution < 1.29 is 19.1 Å². The molecule has 0 radical (unpaired) electrons. The second-order valence-corrected chi connectivity index (χ2v) is 13.7. The number of benzene rings is 2. The largest absolute Gasteiger partial charge is 0.381 e. The van der Waals surface area contributed by atoms with Gasteiger partial charge in [0.1, 0.15) is 6.04 Å². The number of nitrogens with zero attached hydrogens (tertiary/aromatic N) is 2. The number of likely N-dealkylation sites (tertiary alicyclic amines) is 1. The number of aromatic nitrogens is 1. The first-order valence-electron chi connectivity index (χ1n) is 16.3. The van der Waals surface area contributed by atoms with Crippen molar-refractivity contribution >= 4 is 34.2 Å². The first-order valence-corrected chi connectivity index (χ1v) is 17.2. The molecule has 3 aromatic rings. The van der Waals surface area contributed by atoms with Gasteiger partial charge in [0.05, 0.1) is 17.7 Å². The lowest BCUT2D eigenvalue weighted by atomic mass is 9.75. The highest BCUT2D eigenvalue weighted by Gasteiger charge is 2.41. The zero-order chi connectivity index (χ0) is 31.9. The molecule has 242 valence electrons. The summed E-state index contributed by atoms with van der Waals surface area (Å²) in [4.78, 5) is 47.5. The minimum absolute atomic E-state index is 0.0564. The van der Waals surface area contributed by atoms with E-state index in [0.29, 0.717) is 57.1 Å². The maximum atomic E-state index is 13.8. The lowest BCUT2D eigenvalue weighted by molar-refractivity contribution is -0.140. The summed E-state index contributed by atoms with van der Waals surface area (Å²) in [6.45, 7) is 4.75. The first kappa shape index (κ1) is 32.1. The van der Waals surface area contributed by atoms with Gasteiger partial charge in [0.2, 0.25) is 17.7 Å². The molecule has 9 nitrogen and oxygen atoms in total. The van der Waals surface area contributed by atoms with Crippen molar-refractivity contribution in [3.05, 3.63) is 83.3 Å². The zero-order valence-electron chi connectivity index (χ0n) is 26.4. The van der Waals surface area contributed by atoms with Crippen LogP contribution in [0.3, 0.4) is 0 Å². The van der Waals surface area contributed by atoms with Crippen molar-refractivity contribution in [3.63, 3.8) is 0 Å². The van der Waals surface area contributed by atoms with Crippen LogP contribution in [0.25, 0.3) is 11.3 Å². The number of ether oxygens (including phenoxy) is 1. The van der Waals surface area contributed by atoms with E-state index in [1.165, 1.54) is 16.9 Å². The Kier molecular flexibility index (Phi) is 10.3. The minimum Gasteiger partial charge on any atom is -0.381 e. The Balaban J connectivity index is 1.13. The second kappa shape index (κ2) is 14.7. The Labute approximate surface area is 274 Å². The zero-order valence-corrected chi connectivity index (χ0v) is 27.2. The van der Waals surface area contributed by atoms with Gasteiger partial charge in [-0.2, -0.15) is 0 Å². The number of anilines is 1. The van der Waals surface area contributed by atoms with Gasteiger partial charge in [0, 0.05) is 49.7 Å². The molecule has 3 amide bonds. The van der Waals surface area contributed by atoms with Crippen LogP contribution in [0.2, 0.25) is 0 Å². The van der Waals surface area contributed by atoms with Crippen molar-refractivity contribution in [2.45, 2.75) is 57.5 Å². The Morgan fingerprint density at radius 3 is 2.63 bits per heavy atom. The lowest BCUT2D eigenvalue weighted by Gasteiger charge is -2.40. The van der Waals surface area contributed by atoms with E-state index in [4.69, 9.17) is 4.74 Å². The number of hydrogen-bond acceptors (Lipinski definition) is 7. The Bertz CT molecular complexity index is 1530. The average Bonchev–Trinajstić information content (AvgIpc) is 3.52. The number of carbonyl (C=O) groups is 3. The third kappa shape index (κ3) is 7.92. The van der Waals surface area contributed by atoms with Crippen LogP contribution in [0, 0.1) is 18.3 Å². The average molecular weight is 642 g/mol. The van der Waals surface area contributed by atoms with Crippen molar-refractivity contribution in [1.82, 2.24) is 20.5 Å². The van der Waals surface area contributed by atoms with Gasteiger partial charge in [-0.05, 0) is 50.5 Å². The molecule has 0 aliphatic carbocycles. The Morgan fingerprint density at radius 1 is 1.07 bits per heavy atom. The van der Waals surface area contributed by atoms with E-state index in [0.717, 1.165) is 29.7 Å². The van der Waals surface area contributed by atoms with Crippen LogP contribution in [0.5, 0.6) is 0 Å². The molecule has 3 N–H and O–H groups in total. The van der Waals surface area contributed by atoms with E-state index in [1.54, 1.807) is 0 Å². The fourth-order valence-corrected chi connectivity index (χ4v) is 7.49. The number of hydrogen-bond donors (Lipinski definition) is 3. The van der Waals surface area contributed by atoms with Crippen LogP contribution in [0.15, 0.2) is 72.1 Å². The highest BCUT2D eigenvalue weighted by molar-refractivity contribution is 7.14. The predicted molar refractivity (Wildman–Crippen MR) is 180 cm³/mol. The number of aryl methyl sites for hydroxylation is 1. The van der Waals surface area contributed by atoms with Gasteiger partial charge in [0.15, 0.2) is 5.13 Å². The maximum absolute atomic E-state index is 13.8. The van der Waals surface area contributed by atoms with E-state index < -0.39 is 11.5 Å². The fourth-order valence-electron chi connectivity index (χ4n) is 6.75. The van der Waals surface area contributed by atoms with Crippen LogP contribution in [0.4, 0.5) is 5.13 Å². The van der Waals surface area contributed by atoms with Gasteiger partial charge in [-0.1, -0.05) is 72.3 Å². The molecular formula is C36H43N5O4S. The number of thiazole rings is 1. The van der Waals surface area contributed by atoms with Gasteiger partial charge in [0.25, 0.3) is 0 Å². The summed E-state index contributed by atoms with van der Waals surface area (Å²) in [5.74, 6) is -0.185. The molecule has 3 atom stereocenters. The number of carbonyl (C=O) groups excluding carboxylic acids is 3. The van der Waals surface area contributed by atoms with Crippen LogP contribution in [0.1, 0.15) is 43.2 Å². The first-order chi connectivity index (χ1) is 22.4. The van der Waals surface area contributed by atoms with Gasteiger partial charge in [-0.15, -0.1) is 11.3 Å². The highest BCUT2D eigenvalue weighted by Crippen LogP contribution is 2.36. The Morgan fingerprint density at radius 2 is 1.85 bits per heavy atom. The molecule has 2 fully saturated rings. The number of piperidine rings is 1. The highest BCUT2D eigenvalue weighted by atomic mass is 32.1. The number of rotatable bonds is 6. The number of amides is 3. The maximum Gasteiger partial charge on any atom is 0.243 e. The van der Waals surface area contributed by atoms with Gasteiger partial charge in [-0.25, -0.2) is 4.98 Å². The number of nitrogens with one attached hydrogen (secondary N) is 3. The van der Waals surface area contributed by atoms with Gasteiger partial charge < -0.3 is 20.7 Å². The summed E-state index contributed by atoms with van der Waals surface area (Å²) in [6, 6.07) is 17.3. The lowest BCUT2D eigenvalue weighted by Crippen LogP contribution is -2.58. The van der Waals surface area contributed by atoms with E-state index >= 15 is 0 Å². The van der Waals surface area contributed by atoms with E-state index in [2.05, 4.69) is 57.0 Å². The predicted octanol–water partition coefficient (Wildman–Crippen LogP) is 4.74. The van der Waals surface area contributed by atoms with Crippen molar-refractivity contribution in [1.29, 1.82) is 0 Å². The normalized spacial score (nSPS) is 23.8. The molecule has 2 aromatic carbocycles. The number of allylic oxidation sites excluding steroid dienone is 2. The van der Waals surface area contributed by atoms with E-state index in [9.17, 15) is 14.4 Å². The van der Waals surface area contributed by atoms with Gasteiger partial charge >= 0.3 is 0 Å². The topological polar surface area (TPSA) is 113 Å². The van der Waals surface area contributed by atoms with Crippen LogP contribution >= 0.6 is 11.3 Å². The molecule has 1 aromatic heterocycles. The SMILES string of the molecule is Cc1ccc(-c2csc(NC(=O)CN3CC[C@@H]4NC(=O)[C@@H](Cc5ccccc5)NC(=O)C5(CC=CC[C@@H]4C3)CCOCC5)n2)cc1. The van der Waals surface area contributed by atoms with Gasteiger partial charge in [-0.3, -0.25) is 19.3 Å². The summed E-state index contributed by atoms with van der Waals surface area (Å²) in [7, 11) is 0. The molecule has 0 unspecified atom stereocenters. The molecule has 2 saturated heterocycles. The summed E-state index contributed by atoms with van der Waals surface area (Å²) in [5.41, 5.74) is 3.47. The summed E-state index contributed by atoms with van der Waals surface area (Å²) >= 11 is 1.42. The second-order valence-electron chi connectivity index (χ2n) is 12.9. The molecule has 4 heterocycles. The third-order valence-electron chi connectivity index (χ3n) is 9.56. The third-order valence-corrected chi connectivity index (χ3v) is 10.3. The molecule has 3 aliphatic heterocycles. The summed E-state index contributed by atoms with van der Waals surface area (Å²) in [6.07, 6.45) is 8.07. The van der Waals surface area contributed by atoms with Crippen LogP contribution in [-0.2, 0) is 25.5 Å². The monoisotopic (exact) mass is 641 g/mol. The minimum atomic E-state index is -0.675. The molecule has 0 saturated carbocycles. The van der Waals surface area contributed by atoms with Crippen molar-refractivity contribution in [3.8, 4) is 11.3 Å². The molecule has 0 bridgehead atoms. The summed E-state index contributed by atoms with van der Waals surface area (Å²) < 4.78 is 5.61. The summed E-state index contributed by atoms with van der Waals surface area (Å²) in [5, 5.41) is 12.0. The quantitative estimate of drug-likeness (QED) is 0.336. The van der Waals surface area contributed by atoms with E-state index in [1.807, 2.05) is 47.8 Å².